The summed E-state index contributed by atoms with van der Waals surface area (Å²) < 4.78 is 28.5. The topological polar surface area (TPSA) is 37.4 Å². The van der Waals surface area contributed by atoms with Gasteiger partial charge in [-0.25, -0.2) is 8.42 Å². The average molecular weight is 408 g/mol. The molecule has 0 amide bonds. The Hall–Kier alpha value is -1.81. The zero-order valence-corrected chi connectivity index (χ0v) is 17.7. The van der Waals surface area contributed by atoms with E-state index in [1.54, 1.807) is 4.31 Å². The number of benzene rings is 2. The Balaban J connectivity index is 1.33. The molecule has 4 aliphatic carbocycles. The van der Waals surface area contributed by atoms with Crippen LogP contribution in [0.1, 0.15) is 56.1 Å². The van der Waals surface area contributed by atoms with Crippen molar-refractivity contribution in [1.29, 1.82) is 0 Å². The lowest BCUT2D eigenvalue weighted by Crippen LogP contribution is -2.48. The smallest absolute Gasteiger partial charge is 0.264 e. The fourth-order valence-electron chi connectivity index (χ4n) is 7.32. The predicted octanol–water partition coefficient (Wildman–Crippen LogP) is 5.30. The maximum atomic E-state index is 13.4. The van der Waals surface area contributed by atoms with Crippen LogP contribution in [-0.2, 0) is 21.9 Å². The lowest BCUT2D eigenvalue weighted by Gasteiger charge is -2.57. The Morgan fingerprint density at radius 1 is 0.828 bits per heavy atom. The summed E-state index contributed by atoms with van der Waals surface area (Å²) in [7, 11) is -3.51. The standard InChI is InChI=1S/C25H29NO2S/c27-29(28,26-11-3-5-21-4-1-2-6-24(21)26)23-9-7-22(8-10-23)25-15-18-12-19(16-25)14-20(13-18)17-25/h1-2,4,6-10,18-20H,3,5,11-17H2. The molecule has 3 nitrogen and oxygen atoms in total. The quantitative estimate of drug-likeness (QED) is 0.693. The van der Waals surface area contributed by atoms with Gasteiger partial charge in [-0.3, -0.25) is 4.31 Å². The van der Waals surface area contributed by atoms with Crippen molar-refractivity contribution in [2.75, 3.05) is 10.8 Å². The van der Waals surface area contributed by atoms with E-state index in [1.807, 2.05) is 36.4 Å². The Labute approximate surface area is 174 Å². The molecule has 0 atom stereocenters. The van der Waals surface area contributed by atoms with Gasteiger partial charge >= 0.3 is 0 Å². The molecule has 0 radical (unpaired) electrons. The normalized spacial score (nSPS) is 33.0. The monoisotopic (exact) mass is 407 g/mol. The van der Waals surface area contributed by atoms with Gasteiger partial charge in [-0.1, -0.05) is 30.3 Å². The lowest BCUT2D eigenvalue weighted by atomic mass is 9.48. The van der Waals surface area contributed by atoms with E-state index in [1.165, 1.54) is 44.1 Å². The zero-order chi connectivity index (χ0) is 19.6. The molecule has 5 aliphatic rings. The number of sulfonamides is 1. The van der Waals surface area contributed by atoms with Crippen LogP contribution < -0.4 is 4.31 Å². The summed E-state index contributed by atoms with van der Waals surface area (Å²) >= 11 is 0. The number of hydrogen-bond donors (Lipinski definition) is 0. The molecule has 0 spiro atoms. The first-order valence-corrected chi connectivity index (χ1v) is 12.7. The molecule has 29 heavy (non-hydrogen) atoms. The van der Waals surface area contributed by atoms with Crippen molar-refractivity contribution >= 4 is 15.7 Å². The highest BCUT2D eigenvalue weighted by molar-refractivity contribution is 7.92. The second-order valence-electron chi connectivity index (χ2n) is 10.0. The summed E-state index contributed by atoms with van der Waals surface area (Å²) in [5, 5.41) is 0. The molecule has 7 rings (SSSR count). The molecule has 0 aromatic heterocycles. The molecule has 152 valence electrons. The van der Waals surface area contributed by atoms with Crippen molar-refractivity contribution in [3.8, 4) is 0 Å². The number of para-hydroxylation sites is 1. The highest BCUT2D eigenvalue weighted by Crippen LogP contribution is 2.60. The van der Waals surface area contributed by atoms with E-state index < -0.39 is 10.0 Å². The highest BCUT2D eigenvalue weighted by Gasteiger charge is 2.51. The number of aryl methyl sites for hydroxylation is 1. The van der Waals surface area contributed by atoms with E-state index in [9.17, 15) is 8.42 Å². The van der Waals surface area contributed by atoms with Gasteiger partial charge in [0.1, 0.15) is 0 Å². The minimum Gasteiger partial charge on any atom is -0.266 e. The summed E-state index contributed by atoms with van der Waals surface area (Å²) in [6.45, 7) is 0.566. The van der Waals surface area contributed by atoms with Crippen LogP contribution in [0.4, 0.5) is 5.69 Å². The van der Waals surface area contributed by atoms with Crippen LogP contribution in [0.15, 0.2) is 53.4 Å². The minimum absolute atomic E-state index is 0.314. The first-order chi connectivity index (χ1) is 14.0. The molecule has 0 N–H and O–H groups in total. The molecule has 4 saturated carbocycles. The zero-order valence-electron chi connectivity index (χ0n) is 16.9. The van der Waals surface area contributed by atoms with Gasteiger partial charge < -0.3 is 0 Å². The fourth-order valence-corrected chi connectivity index (χ4v) is 8.86. The summed E-state index contributed by atoms with van der Waals surface area (Å²) in [6.07, 6.45) is 10.1. The molecular formula is C25H29NO2S. The number of hydrogen-bond acceptors (Lipinski definition) is 2. The lowest BCUT2D eigenvalue weighted by molar-refractivity contribution is -0.00521. The molecule has 1 aliphatic heterocycles. The predicted molar refractivity (Wildman–Crippen MR) is 116 cm³/mol. The molecule has 4 bridgehead atoms. The van der Waals surface area contributed by atoms with Gasteiger partial charge in [0.15, 0.2) is 0 Å². The van der Waals surface area contributed by atoms with Crippen LogP contribution in [0.3, 0.4) is 0 Å². The number of nitrogens with zero attached hydrogens (tertiary/aromatic N) is 1. The maximum absolute atomic E-state index is 13.4. The number of rotatable bonds is 3. The molecule has 4 fully saturated rings. The summed E-state index contributed by atoms with van der Waals surface area (Å²) in [5.41, 5.74) is 3.68. The van der Waals surface area contributed by atoms with Crippen molar-refractivity contribution in [2.24, 2.45) is 17.8 Å². The number of fused-ring (bicyclic) bond motifs is 1. The van der Waals surface area contributed by atoms with Crippen molar-refractivity contribution in [2.45, 2.75) is 61.7 Å². The Morgan fingerprint density at radius 3 is 2.10 bits per heavy atom. The fraction of sp³-hybridized carbons (Fsp3) is 0.520. The van der Waals surface area contributed by atoms with Gasteiger partial charge in [-0.2, -0.15) is 0 Å². The third-order valence-electron chi connectivity index (χ3n) is 8.16. The SMILES string of the molecule is O=S(=O)(c1ccc(C23CC4CC(CC(C4)C2)C3)cc1)N1CCCc2ccccc21. The van der Waals surface area contributed by atoms with E-state index in [0.29, 0.717) is 16.9 Å². The molecule has 0 saturated heterocycles. The molecule has 0 unspecified atom stereocenters. The van der Waals surface area contributed by atoms with Gasteiger partial charge in [0.2, 0.25) is 0 Å². The van der Waals surface area contributed by atoms with E-state index >= 15 is 0 Å². The van der Waals surface area contributed by atoms with Crippen LogP contribution in [0.25, 0.3) is 0 Å². The summed E-state index contributed by atoms with van der Waals surface area (Å²) in [6, 6.07) is 15.9. The first kappa shape index (κ1) is 18.0. The molecule has 1 heterocycles. The highest BCUT2D eigenvalue weighted by atomic mass is 32.2. The van der Waals surface area contributed by atoms with Crippen LogP contribution in [0.2, 0.25) is 0 Å². The number of anilines is 1. The van der Waals surface area contributed by atoms with E-state index in [4.69, 9.17) is 0 Å². The third kappa shape index (κ3) is 2.78. The second-order valence-corrected chi connectivity index (χ2v) is 11.9. The van der Waals surface area contributed by atoms with Crippen molar-refractivity contribution in [3.05, 3.63) is 59.7 Å². The Kier molecular flexibility index (Phi) is 3.94. The van der Waals surface area contributed by atoms with Crippen LogP contribution >= 0.6 is 0 Å². The molecular weight excluding hydrogens is 378 g/mol. The van der Waals surface area contributed by atoms with Crippen LogP contribution in [0, 0.1) is 17.8 Å². The van der Waals surface area contributed by atoms with Crippen LogP contribution in [-0.4, -0.2) is 15.0 Å². The Bertz CT molecular complexity index is 1010. The van der Waals surface area contributed by atoms with E-state index in [2.05, 4.69) is 12.1 Å². The summed E-state index contributed by atoms with van der Waals surface area (Å²) in [4.78, 5) is 0.433. The van der Waals surface area contributed by atoms with Crippen molar-refractivity contribution in [1.82, 2.24) is 0 Å². The summed E-state index contributed by atoms with van der Waals surface area (Å²) in [5.74, 6) is 2.69. The van der Waals surface area contributed by atoms with Crippen molar-refractivity contribution in [3.63, 3.8) is 0 Å². The second kappa shape index (κ2) is 6.34. The van der Waals surface area contributed by atoms with Crippen molar-refractivity contribution < 1.29 is 8.42 Å². The van der Waals surface area contributed by atoms with Gasteiger partial charge in [0, 0.05) is 6.54 Å². The first-order valence-electron chi connectivity index (χ1n) is 11.2. The van der Waals surface area contributed by atoms with Gasteiger partial charge in [0.05, 0.1) is 10.6 Å². The molecule has 2 aromatic carbocycles. The third-order valence-corrected chi connectivity index (χ3v) is 9.99. The largest absolute Gasteiger partial charge is 0.266 e. The van der Waals surface area contributed by atoms with E-state index in [0.717, 1.165) is 41.8 Å². The Morgan fingerprint density at radius 2 is 1.45 bits per heavy atom. The molecule has 2 aromatic rings. The van der Waals surface area contributed by atoms with E-state index in [-0.39, 0.29) is 0 Å². The van der Waals surface area contributed by atoms with Gasteiger partial charge in [-0.15, -0.1) is 0 Å². The average Bonchev–Trinajstić information content (AvgIpc) is 2.72. The maximum Gasteiger partial charge on any atom is 0.264 e. The molecule has 4 heteroatoms. The van der Waals surface area contributed by atoms with Gasteiger partial charge in [0.25, 0.3) is 10.0 Å². The van der Waals surface area contributed by atoms with Crippen LogP contribution in [0.5, 0.6) is 0 Å². The minimum atomic E-state index is -3.51. The van der Waals surface area contributed by atoms with Gasteiger partial charge in [-0.05, 0) is 104 Å².